The fourth-order valence-electron chi connectivity index (χ4n) is 2.61. The molecule has 0 spiro atoms. The van der Waals surface area contributed by atoms with E-state index in [4.69, 9.17) is 5.11 Å². The van der Waals surface area contributed by atoms with E-state index in [-0.39, 0.29) is 18.3 Å². The van der Waals surface area contributed by atoms with Gasteiger partial charge in [0.05, 0.1) is 12.3 Å². The highest BCUT2D eigenvalue weighted by Gasteiger charge is 2.27. The predicted molar refractivity (Wildman–Crippen MR) is 78.6 cm³/mol. The van der Waals surface area contributed by atoms with Gasteiger partial charge < -0.3 is 15.3 Å². The largest absolute Gasteiger partial charge is 0.390 e. The van der Waals surface area contributed by atoms with Crippen LogP contribution < -0.4 is 10.2 Å². The zero-order valence-electron chi connectivity index (χ0n) is 11.8. The minimum absolute atomic E-state index is 0.00653. The molecule has 1 aliphatic rings. The Hall–Kier alpha value is -2.28. The van der Waals surface area contributed by atoms with Crippen molar-refractivity contribution < 1.29 is 13.9 Å². The molecule has 116 valence electrons. The highest BCUT2D eigenvalue weighted by Crippen LogP contribution is 2.27. The molecule has 1 unspecified atom stereocenters. The Balaban J connectivity index is 1.70. The first-order valence-corrected chi connectivity index (χ1v) is 7.05. The second-order valence-corrected chi connectivity index (χ2v) is 5.18. The van der Waals surface area contributed by atoms with Gasteiger partial charge in [-0.3, -0.25) is 0 Å². The highest BCUT2D eigenvalue weighted by molar-refractivity contribution is 5.51. The number of benzene rings is 1. The van der Waals surface area contributed by atoms with Crippen LogP contribution in [0.25, 0.3) is 0 Å². The summed E-state index contributed by atoms with van der Waals surface area (Å²) in [6.45, 7) is 0.855. The molecule has 0 aliphatic carbocycles. The van der Waals surface area contributed by atoms with E-state index in [0.717, 1.165) is 6.42 Å². The van der Waals surface area contributed by atoms with E-state index < -0.39 is 11.6 Å². The van der Waals surface area contributed by atoms with E-state index in [1.165, 1.54) is 18.2 Å². The van der Waals surface area contributed by atoms with E-state index in [0.29, 0.717) is 24.7 Å². The molecule has 1 saturated heterocycles. The number of halogens is 2. The molecular formula is C15H16F2N4O. The molecule has 0 saturated carbocycles. The number of aliphatic hydroxyl groups is 1. The molecule has 5 nitrogen and oxygen atoms in total. The van der Waals surface area contributed by atoms with Crippen molar-refractivity contribution in [1.29, 1.82) is 0 Å². The van der Waals surface area contributed by atoms with Gasteiger partial charge in [0.1, 0.15) is 17.3 Å². The molecule has 3 rings (SSSR count). The van der Waals surface area contributed by atoms with E-state index in [2.05, 4.69) is 15.3 Å². The van der Waals surface area contributed by atoms with Crippen LogP contribution in [-0.4, -0.2) is 34.2 Å². The minimum Gasteiger partial charge on any atom is -0.390 e. The minimum atomic E-state index is -0.556. The number of nitrogens with zero attached hydrogens (tertiary/aromatic N) is 3. The molecule has 2 heterocycles. The number of aliphatic hydroxyl groups excluding tert-OH is 1. The summed E-state index contributed by atoms with van der Waals surface area (Å²) in [6.07, 6.45) is 2.28. The molecule has 1 fully saturated rings. The summed E-state index contributed by atoms with van der Waals surface area (Å²) in [4.78, 5) is 9.91. The monoisotopic (exact) mass is 306 g/mol. The number of hydrogen-bond acceptors (Lipinski definition) is 5. The van der Waals surface area contributed by atoms with Crippen LogP contribution in [0, 0.1) is 11.6 Å². The summed E-state index contributed by atoms with van der Waals surface area (Å²) >= 11 is 0. The Morgan fingerprint density at radius 2 is 2.05 bits per heavy atom. The fourth-order valence-corrected chi connectivity index (χ4v) is 2.61. The van der Waals surface area contributed by atoms with Gasteiger partial charge in [0.25, 0.3) is 0 Å². The average molecular weight is 306 g/mol. The van der Waals surface area contributed by atoms with E-state index in [9.17, 15) is 8.78 Å². The van der Waals surface area contributed by atoms with Crippen LogP contribution in [0.15, 0.2) is 30.5 Å². The lowest BCUT2D eigenvalue weighted by Gasteiger charge is -2.20. The van der Waals surface area contributed by atoms with Crippen molar-refractivity contribution in [3.8, 4) is 0 Å². The molecule has 1 atom stereocenters. The number of nitrogens with one attached hydrogen (secondary N) is 1. The lowest BCUT2D eigenvalue weighted by Crippen LogP contribution is -2.28. The number of para-hydroxylation sites is 1. The lowest BCUT2D eigenvalue weighted by atomic mass is 10.2. The Morgan fingerprint density at radius 1 is 1.27 bits per heavy atom. The van der Waals surface area contributed by atoms with Crippen LogP contribution in [0.4, 0.5) is 20.4 Å². The van der Waals surface area contributed by atoms with Crippen molar-refractivity contribution in [3.63, 3.8) is 0 Å². The van der Waals surface area contributed by atoms with Gasteiger partial charge in [-0.1, -0.05) is 6.07 Å². The SMILES string of the molecule is OCc1ccnc(NC2CCN(c3c(F)cccc3F)C2)n1. The molecule has 1 aliphatic heterocycles. The van der Waals surface area contributed by atoms with E-state index >= 15 is 0 Å². The third kappa shape index (κ3) is 2.99. The Labute approximate surface area is 126 Å². The third-order valence-electron chi connectivity index (χ3n) is 3.65. The van der Waals surface area contributed by atoms with E-state index in [1.807, 2.05) is 0 Å². The smallest absolute Gasteiger partial charge is 0.223 e. The number of anilines is 2. The lowest BCUT2D eigenvalue weighted by molar-refractivity contribution is 0.277. The second kappa shape index (κ2) is 6.23. The topological polar surface area (TPSA) is 61.3 Å². The molecule has 2 aromatic rings. The first-order valence-electron chi connectivity index (χ1n) is 7.05. The predicted octanol–water partition coefficient (Wildman–Crippen LogP) is 1.94. The van der Waals surface area contributed by atoms with Gasteiger partial charge >= 0.3 is 0 Å². The zero-order chi connectivity index (χ0) is 15.5. The van der Waals surface area contributed by atoms with Crippen LogP contribution in [0.2, 0.25) is 0 Å². The van der Waals surface area contributed by atoms with Crippen LogP contribution in [0.3, 0.4) is 0 Å². The molecular weight excluding hydrogens is 290 g/mol. The van der Waals surface area contributed by atoms with Crippen LogP contribution in [0.5, 0.6) is 0 Å². The standard InChI is InChI=1S/C15H16F2N4O/c16-12-2-1-3-13(17)14(12)21-7-5-10(8-21)19-15-18-6-4-11(9-22)20-15/h1-4,6,10,22H,5,7-9H2,(H,18,19,20). The van der Waals surface area contributed by atoms with Gasteiger partial charge in [-0.05, 0) is 24.6 Å². The first kappa shape index (κ1) is 14.6. The van der Waals surface area contributed by atoms with Crippen molar-refractivity contribution >= 4 is 11.6 Å². The summed E-state index contributed by atoms with van der Waals surface area (Å²) < 4.78 is 27.6. The fraction of sp³-hybridized carbons (Fsp3) is 0.333. The molecule has 0 bridgehead atoms. The van der Waals surface area contributed by atoms with Gasteiger partial charge in [0.2, 0.25) is 5.95 Å². The molecule has 2 N–H and O–H groups in total. The Kier molecular flexibility index (Phi) is 4.15. The van der Waals surface area contributed by atoms with Gasteiger partial charge in [0, 0.05) is 25.3 Å². The maximum atomic E-state index is 13.8. The summed E-state index contributed by atoms with van der Waals surface area (Å²) in [5.74, 6) is -0.703. The summed E-state index contributed by atoms with van der Waals surface area (Å²) in [7, 11) is 0. The summed E-state index contributed by atoms with van der Waals surface area (Å²) in [5.41, 5.74) is 0.532. The Bertz CT molecular complexity index is 647. The van der Waals surface area contributed by atoms with Crippen LogP contribution in [-0.2, 0) is 6.61 Å². The first-order chi connectivity index (χ1) is 10.7. The summed E-state index contributed by atoms with van der Waals surface area (Å²) in [5, 5.41) is 12.2. The van der Waals surface area contributed by atoms with Gasteiger partial charge in [-0.2, -0.15) is 0 Å². The van der Waals surface area contributed by atoms with Crippen LogP contribution >= 0.6 is 0 Å². The maximum Gasteiger partial charge on any atom is 0.223 e. The molecule has 22 heavy (non-hydrogen) atoms. The molecule has 7 heteroatoms. The van der Waals surface area contributed by atoms with Gasteiger partial charge in [-0.15, -0.1) is 0 Å². The number of aromatic nitrogens is 2. The second-order valence-electron chi connectivity index (χ2n) is 5.18. The van der Waals surface area contributed by atoms with Crippen molar-refractivity contribution in [2.75, 3.05) is 23.3 Å². The number of hydrogen-bond donors (Lipinski definition) is 2. The van der Waals surface area contributed by atoms with E-state index in [1.54, 1.807) is 17.2 Å². The van der Waals surface area contributed by atoms with Crippen LogP contribution in [0.1, 0.15) is 12.1 Å². The van der Waals surface area contributed by atoms with Crippen molar-refractivity contribution in [2.45, 2.75) is 19.1 Å². The summed E-state index contributed by atoms with van der Waals surface area (Å²) in [6, 6.07) is 5.49. The normalized spacial score (nSPS) is 17.8. The molecule has 0 radical (unpaired) electrons. The molecule has 1 aromatic heterocycles. The zero-order valence-corrected chi connectivity index (χ0v) is 11.8. The van der Waals surface area contributed by atoms with Crippen molar-refractivity contribution in [1.82, 2.24) is 9.97 Å². The average Bonchev–Trinajstić information content (AvgIpc) is 2.95. The van der Waals surface area contributed by atoms with Gasteiger partial charge in [0.15, 0.2) is 0 Å². The molecule has 0 amide bonds. The van der Waals surface area contributed by atoms with Gasteiger partial charge in [-0.25, -0.2) is 18.7 Å². The Morgan fingerprint density at radius 3 is 2.77 bits per heavy atom. The third-order valence-corrected chi connectivity index (χ3v) is 3.65. The highest BCUT2D eigenvalue weighted by atomic mass is 19.1. The van der Waals surface area contributed by atoms with Crippen molar-refractivity contribution in [2.24, 2.45) is 0 Å². The number of rotatable bonds is 4. The molecule has 1 aromatic carbocycles. The maximum absolute atomic E-state index is 13.8. The quantitative estimate of drug-likeness (QED) is 0.904. The van der Waals surface area contributed by atoms with Crippen molar-refractivity contribution in [3.05, 3.63) is 47.8 Å².